The first kappa shape index (κ1) is 17.6. The molecule has 0 spiro atoms. The molecule has 0 fully saturated rings. The van der Waals surface area contributed by atoms with Crippen molar-refractivity contribution in [1.29, 1.82) is 0 Å². The van der Waals surface area contributed by atoms with Crippen LogP contribution in [0, 0.1) is 0 Å². The summed E-state index contributed by atoms with van der Waals surface area (Å²) in [4.78, 5) is 14.4. The Morgan fingerprint density at radius 1 is 1.20 bits per heavy atom. The average Bonchev–Trinajstić information content (AvgIpc) is 2.61. The van der Waals surface area contributed by atoms with Crippen molar-refractivity contribution in [3.8, 4) is 0 Å². The molecular weight excluding hydrogens is 400 g/mol. The Balaban J connectivity index is 2.14. The van der Waals surface area contributed by atoms with E-state index in [0.29, 0.717) is 10.7 Å². The largest absolute Gasteiger partial charge is 0.466 e. The number of allylic oxidation sites excluding steroid dienone is 1. The highest BCUT2D eigenvalue weighted by molar-refractivity contribution is 9.10. The molecule has 1 heterocycles. The number of benzene rings is 2. The Bertz CT molecular complexity index is 852. The Kier molecular flexibility index (Phi) is 5.20. The molecule has 1 atom stereocenters. The first-order valence-electron chi connectivity index (χ1n) is 7.73. The molecule has 0 amide bonds. The van der Waals surface area contributed by atoms with E-state index in [1.165, 1.54) is 7.11 Å². The van der Waals surface area contributed by atoms with E-state index in [9.17, 15) is 4.79 Å². The number of esters is 1. The van der Waals surface area contributed by atoms with E-state index in [1.54, 1.807) is 0 Å². The van der Waals surface area contributed by atoms with Gasteiger partial charge in [0.25, 0.3) is 0 Å². The van der Waals surface area contributed by atoms with Crippen LogP contribution in [0.5, 0.6) is 0 Å². The third-order valence-corrected chi connectivity index (χ3v) is 4.88. The van der Waals surface area contributed by atoms with E-state index >= 15 is 0 Å². The maximum absolute atomic E-state index is 12.5. The lowest BCUT2D eigenvalue weighted by Crippen LogP contribution is -2.48. The first-order valence-corrected chi connectivity index (χ1v) is 8.93. The first-order chi connectivity index (χ1) is 12.0. The average molecular weight is 417 g/mol. The second kappa shape index (κ2) is 7.37. The molecule has 128 valence electrons. The third-order valence-electron chi connectivity index (χ3n) is 4.09. The molecule has 3 rings (SSSR count). The summed E-state index contributed by atoms with van der Waals surface area (Å²) in [6.45, 7) is 1.89. The van der Waals surface area contributed by atoms with Crippen LogP contribution in [-0.2, 0) is 9.53 Å². The number of hydrogen-bond donors (Lipinski definition) is 1. The second-order valence-corrected chi connectivity index (χ2v) is 6.90. The van der Waals surface area contributed by atoms with Gasteiger partial charge in [-0.2, -0.15) is 0 Å². The van der Waals surface area contributed by atoms with Crippen LogP contribution < -0.4 is 10.2 Å². The minimum atomic E-state index is -0.376. The van der Waals surface area contributed by atoms with Crippen molar-refractivity contribution in [2.24, 2.45) is 0 Å². The van der Waals surface area contributed by atoms with Crippen LogP contribution in [0.1, 0.15) is 18.5 Å². The van der Waals surface area contributed by atoms with Gasteiger partial charge in [-0.25, -0.2) is 4.79 Å². The molecular formula is C19H17BrN2O2S. The molecule has 0 saturated heterocycles. The molecule has 2 aromatic rings. The number of hydrogen-bond acceptors (Lipinski definition) is 3. The highest BCUT2D eigenvalue weighted by Gasteiger charge is 2.35. The zero-order chi connectivity index (χ0) is 18.0. The fourth-order valence-electron chi connectivity index (χ4n) is 2.94. The van der Waals surface area contributed by atoms with Gasteiger partial charge >= 0.3 is 5.97 Å². The number of para-hydroxylation sites is 1. The highest BCUT2D eigenvalue weighted by Crippen LogP contribution is 2.34. The summed E-state index contributed by atoms with van der Waals surface area (Å²) in [5, 5.41) is 3.82. The molecule has 0 saturated carbocycles. The summed E-state index contributed by atoms with van der Waals surface area (Å²) < 4.78 is 5.98. The van der Waals surface area contributed by atoms with Crippen LogP contribution in [0.3, 0.4) is 0 Å². The predicted octanol–water partition coefficient (Wildman–Crippen LogP) is 4.33. The molecule has 0 bridgehead atoms. The van der Waals surface area contributed by atoms with Gasteiger partial charge in [0.15, 0.2) is 5.11 Å². The number of halogens is 1. The minimum Gasteiger partial charge on any atom is -0.466 e. The molecule has 1 aliphatic heterocycles. The normalized spacial score (nSPS) is 17.3. The standard InChI is InChI=1S/C19H17BrN2O2S/c1-12-16(18(23)24-2)17(13-7-6-8-14(20)11-13)21-19(25)22(12)15-9-4-3-5-10-15/h3-11,17H,1-2H3,(H,21,25). The van der Waals surface area contributed by atoms with Crippen molar-refractivity contribution in [2.45, 2.75) is 13.0 Å². The molecule has 0 aliphatic carbocycles. The van der Waals surface area contributed by atoms with Gasteiger partial charge in [-0.05, 0) is 49.0 Å². The molecule has 2 aromatic carbocycles. The summed E-state index contributed by atoms with van der Waals surface area (Å²) in [5.41, 5.74) is 3.13. The summed E-state index contributed by atoms with van der Waals surface area (Å²) in [5.74, 6) is -0.376. The maximum atomic E-state index is 12.5. The number of ether oxygens (including phenoxy) is 1. The van der Waals surface area contributed by atoms with Crippen LogP contribution in [0.25, 0.3) is 0 Å². The van der Waals surface area contributed by atoms with Gasteiger partial charge in [-0.1, -0.05) is 46.3 Å². The maximum Gasteiger partial charge on any atom is 0.337 e. The second-order valence-electron chi connectivity index (χ2n) is 5.60. The Hall–Kier alpha value is -2.18. The van der Waals surface area contributed by atoms with Gasteiger partial charge in [0.2, 0.25) is 0 Å². The number of nitrogens with one attached hydrogen (secondary N) is 1. The zero-order valence-electron chi connectivity index (χ0n) is 13.8. The van der Waals surface area contributed by atoms with Crippen molar-refractivity contribution in [3.63, 3.8) is 0 Å². The van der Waals surface area contributed by atoms with E-state index in [1.807, 2.05) is 66.4 Å². The van der Waals surface area contributed by atoms with Gasteiger partial charge in [-0.15, -0.1) is 0 Å². The van der Waals surface area contributed by atoms with E-state index in [-0.39, 0.29) is 12.0 Å². The van der Waals surface area contributed by atoms with E-state index in [0.717, 1.165) is 21.4 Å². The van der Waals surface area contributed by atoms with Gasteiger partial charge in [0.1, 0.15) is 0 Å². The van der Waals surface area contributed by atoms with Crippen molar-refractivity contribution in [2.75, 3.05) is 12.0 Å². The molecule has 25 heavy (non-hydrogen) atoms. The Morgan fingerprint density at radius 3 is 2.56 bits per heavy atom. The SMILES string of the molecule is COC(=O)C1=C(C)N(c2ccccc2)C(=S)NC1c1cccc(Br)c1. The summed E-state index contributed by atoms with van der Waals surface area (Å²) in [6, 6.07) is 17.1. The topological polar surface area (TPSA) is 41.6 Å². The molecule has 4 nitrogen and oxygen atoms in total. The number of nitrogens with zero attached hydrogens (tertiary/aromatic N) is 1. The lowest BCUT2D eigenvalue weighted by Gasteiger charge is -2.37. The highest BCUT2D eigenvalue weighted by atomic mass is 79.9. The molecule has 1 aliphatic rings. The minimum absolute atomic E-state index is 0.364. The van der Waals surface area contributed by atoms with E-state index < -0.39 is 0 Å². The summed E-state index contributed by atoms with van der Waals surface area (Å²) >= 11 is 9.07. The lowest BCUT2D eigenvalue weighted by atomic mass is 9.95. The molecule has 1 unspecified atom stereocenters. The van der Waals surface area contributed by atoms with Gasteiger partial charge in [0, 0.05) is 15.9 Å². The van der Waals surface area contributed by atoms with Crippen LogP contribution in [0.2, 0.25) is 0 Å². The fraction of sp³-hybridized carbons (Fsp3) is 0.158. The van der Waals surface area contributed by atoms with Crippen molar-refractivity contribution in [3.05, 3.63) is 75.9 Å². The summed E-state index contributed by atoms with van der Waals surface area (Å²) in [6.07, 6.45) is 0. The Morgan fingerprint density at radius 2 is 1.92 bits per heavy atom. The van der Waals surface area contributed by atoms with Gasteiger partial charge in [-0.3, -0.25) is 4.90 Å². The quantitative estimate of drug-likeness (QED) is 0.595. The number of thiocarbonyl (C=S) groups is 1. The monoisotopic (exact) mass is 416 g/mol. The van der Waals surface area contributed by atoms with Crippen LogP contribution >= 0.6 is 28.1 Å². The van der Waals surface area contributed by atoms with E-state index in [2.05, 4.69) is 21.2 Å². The number of rotatable bonds is 3. The molecule has 0 radical (unpaired) electrons. The molecule has 1 N–H and O–H groups in total. The van der Waals surface area contributed by atoms with Crippen molar-refractivity contribution >= 4 is 44.9 Å². The molecule has 6 heteroatoms. The number of methoxy groups -OCH3 is 1. The predicted molar refractivity (Wildman–Crippen MR) is 106 cm³/mol. The third kappa shape index (κ3) is 3.45. The van der Waals surface area contributed by atoms with E-state index in [4.69, 9.17) is 17.0 Å². The smallest absolute Gasteiger partial charge is 0.337 e. The zero-order valence-corrected chi connectivity index (χ0v) is 16.2. The Labute approximate surface area is 160 Å². The fourth-order valence-corrected chi connectivity index (χ4v) is 3.72. The summed E-state index contributed by atoms with van der Waals surface area (Å²) in [7, 11) is 1.39. The van der Waals surface area contributed by atoms with Crippen molar-refractivity contribution in [1.82, 2.24) is 5.32 Å². The lowest BCUT2D eigenvalue weighted by molar-refractivity contribution is -0.136. The number of carbonyl (C=O) groups excluding carboxylic acids is 1. The number of carbonyl (C=O) groups is 1. The van der Waals surface area contributed by atoms with Crippen molar-refractivity contribution < 1.29 is 9.53 Å². The van der Waals surface area contributed by atoms with Gasteiger partial charge < -0.3 is 10.1 Å². The van der Waals surface area contributed by atoms with Crippen LogP contribution in [0.15, 0.2) is 70.3 Å². The van der Waals surface area contributed by atoms with Crippen LogP contribution in [0.4, 0.5) is 5.69 Å². The molecule has 0 aromatic heterocycles. The van der Waals surface area contributed by atoms with Crippen LogP contribution in [-0.4, -0.2) is 18.2 Å². The van der Waals surface area contributed by atoms with Gasteiger partial charge in [0.05, 0.1) is 18.7 Å². The number of anilines is 1.